The molecule has 0 saturated carbocycles. The number of rotatable bonds is 2. The Hall–Kier alpha value is -1.30. The number of carbonyl (C=O) groups is 2. The molecule has 0 aromatic carbocycles. The smallest absolute Gasteiger partial charge is 0.411 e. The highest BCUT2D eigenvalue weighted by Gasteiger charge is 2.46. The van der Waals surface area contributed by atoms with Gasteiger partial charge in [-0.3, -0.25) is 4.90 Å². The maximum atomic E-state index is 12.3. The molecular weight excluding hydrogens is 260 g/mol. The molecule has 116 valence electrons. The lowest BCUT2D eigenvalue weighted by Crippen LogP contribution is -2.47. The molecule has 0 aromatic heterocycles. The first-order valence-corrected chi connectivity index (χ1v) is 6.84. The number of likely N-dealkylation sites (tertiary alicyclic amines) is 1. The predicted octanol–water partition coefficient (Wildman–Crippen LogP) is 1.24. The quantitative estimate of drug-likeness (QED) is 0.566. The zero-order chi connectivity index (χ0) is 15.7. The third-order valence-electron chi connectivity index (χ3n) is 3.48. The Morgan fingerprint density at radius 2 is 1.75 bits per heavy atom. The van der Waals surface area contributed by atoms with E-state index in [-0.39, 0.29) is 12.0 Å². The number of esters is 1. The van der Waals surface area contributed by atoms with Crippen molar-refractivity contribution in [3.8, 4) is 0 Å². The van der Waals surface area contributed by atoms with Gasteiger partial charge >= 0.3 is 12.1 Å². The van der Waals surface area contributed by atoms with Gasteiger partial charge in [-0.25, -0.2) is 9.59 Å². The summed E-state index contributed by atoms with van der Waals surface area (Å²) in [6.45, 7) is 5.93. The van der Waals surface area contributed by atoms with Crippen LogP contribution in [0.25, 0.3) is 0 Å². The van der Waals surface area contributed by atoms with Crippen molar-refractivity contribution in [1.29, 1.82) is 0 Å². The molecule has 0 unspecified atom stereocenters. The van der Waals surface area contributed by atoms with Gasteiger partial charge in [-0.1, -0.05) is 0 Å². The molecule has 1 amide bonds. The van der Waals surface area contributed by atoms with Crippen LogP contribution in [0.1, 0.15) is 27.2 Å². The number of hydrogen-bond acceptors (Lipinski definition) is 4. The summed E-state index contributed by atoms with van der Waals surface area (Å²) >= 11 is 0. The summed E-state index contributed by atoms with van der Waals surface area (Å²) in [4.78, 5) is 25.6. The van der Waals surface area contributed by atoms with Crippen molar-refractivity contribution in [3.63, 3.8) is 0 Å². The average molecular weight is 287 g/mol. The Balaban J connectivity index is 2.90. The van der Waals surface area contributed by atoms with E-state index >= 15 is 0 Å². The summed E-state index contributed by atoms with van der Waals surface area (Å²) in [5.74, 6) is -0.383. The number of amides is 1. The molecule has 0 aromatic rings. The van der Waals surface area contributed by atoms with Crippen LogP contribution in [0.2, 0.25) is 0 Å². The molecule has 0 radical (unpaired) electrons. The van der Waals surface area contributed by atoms with Gasteiger partial charge in [0.15, 0.2) is 0 Å². The topological polar surface area (TPSA) is 55.8 Å². The Kier molecular flexibility index (Phi) is 4.69. The lowest BCUT2D eigenvalue weighted by molar-refractivity contribution is -0.893. The molecule has 1 aliphatic heterocycles. The third kappa shape index (κ3) is 4.10. The van der Waals surface area contributed by atoms with Crippen LogP contribution in [-0.2, 0) is 14.3 Å². The van der Waals surface area contributed by atoms with Gasteiger partial charge in [0.25, 0.3) is 0 Å². The standard InChI is InChI=1S/C14H27N2O4/c1-14(2,3)20-13(18)15-9-10(16(4,5)6)8-11(15)12(17)19-7/h10-11H,8-9H2,1-7H3/q+1/t10-,11+/m0/s1. The van der Waals surface area contributed by atoms with E-state index in [4.69, 9.17) is 9.47 Å². The van der Waals surface area contributed by atoms with Crippen molar-refractivity contribution in [1.82, 2.24) is 4.90 Å². The predicted molar refractivity (Wildman–Crippen MR) is 75.2 cm³/mol. The van der Waals surface area contributed by atoms with Crippen LogP contribution >= 0.6 is 0 Å². The Morgan fingerprint density at radius 3 is 2.15 bits per heavy atom. The third-order valence-corrected chi connectivity index (χ3v) is 3.48. The SMILES string of the molecule is COC(=O)[C@H]1C[C@H]([N+](C)(C)C)CN1C(=O)OC(C)(C)C. The van der Waals surface area contributed by atoms with Gasteiger partial charge in [0.2, 0.25) is 0 Å². The summed E-state index contributed by atoms with van der Waals surface area (Å²) in [5.41, 5.74) is -0.577. The number of methoxy groups -OCH3 is 1. The number of likely N-dealkylation sites (N-methyl/N-ethyl adjacent to an activating group) is 1. The second kappa shape index (κ2) is 5.60. The fraction of sp³-hybridized carbons (Fsp3) is 0.857. The number of ether oxygens (including phenoxy) is 2. The van der Waals surface area contributed by atoms with Crippen molar-refractivity contribution in [2.75, 3.05) is 34.8 Å². The van der Waals surface area contributed by atoms with Crippen LogP contribution in [0.5, 0.6) is 0 Å². The van der Waals surface area contributed by atoms with Crippen LogP contribution in [0.4, 0.5) is 4.79 Å². The van der Waals surface area contributed by atoms with E-state index in [1.54, 1.807) is 0 Å². The highest BCUT2D eigenvalue weighted by atomic mass is 16.6. The number of quaternary nitrogens is 1. The van der Waals surface area contributed by atoms with E-state index in [1.807, 2.05) is 20.8 Å². The molecule has 1 rings (SSSR count). The van der Waals surface area contributed by atoms with Crippen molar-refractivity contribution in [2.24, 2.45) is 0 Å². The number of carbonyl (C=O) groups excluding carboxylic acids is 2. The molecule has 2 atom stereocenters. The second-order valence-corrected chi connectivity index (χ2v) is 7.18. The monoisotopic (exact) mass is 287 g/mol. The van der Waals surface area contributed by atoms with Crippen LogP contribution in [0.15, 0.2) is 0 Å². The first-order chi connectivity index (χ1) is 8.95. The summed E-state index contributed by atoms with van der Waals surface area (Å²) < 4.78 is 10.9. The molecule has 6 nitrogen and oxygen atoms in total. The molecule has 1 aliphatic rings. The maximum Gasteiger partial charge on any atom is 0.411 e. The molecular formula is C14H27N2O4+. The highest BCUT2D eigenvalue weighted by Crippen LogP contribution is 2.26. The van der Waals surface area contributed by atoms with E-state index < -0.39 is 17.7 Å². The number of nitrogens with zero attached hydrogens (tertiary/aromatic N) is 2. The van der Waals surface area contributed by atoms with Crippen molar-refractivity contribution in [3.05, 3.63) is 0 Å². The van der Waals surface area contributed by atoms with Gasteiger partial charge in [-0.2, -0.15) is 0 Å². The van der Waals surface area contributed by atoms with E-state index in [9.17, 15) is 9.59 Å². The molecule has 1 fully saturated rings. The van der Waals surface area contributed by atoms with Gasteiger partial charge in [0.05, 0.1) is 34.8 Å². The van der Waals surface area contributed by atoms with E-state index in [1.165, 1.54) is 12.0 Å². The fourth-order valence-corrected chi connectivity index (χ4v) is 2.26. The van der Waals surface area contributed by atoms with Crippen molar-refractivity contribution < 1.29 is 23.5 Å². The summed E-state index contributed by atoms with van der Waals surface area (Å²) in [6, 6.07) is -0.371. The largest absolute Gasteiger partial charge is 0.467 e. The van der Waals surface area contributed by atoms with E-state index in [2.05, 4.69) is 21.1 Å². The van der Waals surface area contributed by atoms with Gasteiger partial charge in [0.1, 0.15) is 17.7 Å². The van der Waals surface area contributed by atoms with Gasteiger partial charge in [-0.05, 0) is 20.8 Å². The minimum absolute atomic E-state index is 0.187. The minimum Gasteiger partial charge on any atom is -0.467 e. The average Bonchev–Trinajstić information content (AvgIpc) is 2.69. The second-order valence-electron chi connectivity index (χ2n) is 7.18. The molecule has 1 heterocycles. The van der Waals surface area contributed by atoms with Gasteiger partial charge in [0, 0.05) is 6.42 Å². The fourth-order valence-electron chi connectivity index (χ4n) is 2.26. The molecule has 0 N–H and O–H groups in total. The van der Waals surface area contributed by atoms with Gasteiger partial charge < -0.3 is 14.0 Å². The van der Waals surface area contributed by atoms with Crippen molar-refractivity contribution in [2.45, 2.75) is 44.9 Å². The Labute approximate surface area is 121 Å². The number of hydrogen-bond donors (Lipinski definition) is 0. The normalized spacial score (nSPS) is 23.6. The molecule has 0 aliphatic carbocycles. The summed E-state index contributed by atoms with van der Waals surface area (Å²) in [6.07, 6.45) is 0.138. The van der Waals surface area contributed by atoms with Crippen LogP contribution in [0.3, 0.4) is 0 Å². The van der Waals surface area contributed by atoms with E-state index in [0.717, 1.165) is 0 Å². The van der Waals surface area contributed by atoms with Gasteiger partial charge in [-0.15, -0.1) is 0 Å². The van der Waals surface area contributed by atoms with E-state index in [0.29, 0.717) is 17.4 Å². The van der Waals surface area contributed by atoms with Crippen molar-refractivity contribution >= 4 is 12.1 Å². The summed E-state index contributed by atoms with van der Waals surface area (Å²) in [5, 5.41) is 0. The summed E-state index contributed by atoms with van der Waals surface area (Å²) in [7, 11) is 7.50. The Bertz CT molecular complexity index is 382. The molecule has 20 heavy (non-hydrogen) atoms. The van der Waals surface area contributed by atoms with Crippen LogP contribution < -0.4 is 0 Å². The molecule has 1 saturated heterocycles. The first-order valence-electron chi connectivity index (χ1n) is 6.84. The molecule has 0 bridgehead atoms. The highest BCUT2D eigenvalue weighted by molar-refractivity contribution is 5.82. The Morgan fingerprint density at radius 1 is 1.20 bits per heavy atom. The zero-order valence-electron chi connectivity index (χ0n) is 13.6. The molecule has 0 spiro atoms. The molecule has 6 heteroatoms. The zero-order valence-corrected chi connectivity index (χ0v) is 13.6. The maximum absolute atomic E-state index is 12.3. The lowest BCUT2D eigenvalue weighted by Gasteiger charge is -2.31. The minimum atomic E-state index is -0.577. The lowest BCUT2D eigenvalue weighted by atomic mass is 10.1. The van der Waals surface area contributed by atoms with Crippen LogP contribution in [-0.4, -0.2) is 73.9 Å². The first kappa shape index (κ1) is 16.8. The van der Waals surface area contributed by atoms with Crippen LogP contribution in [0, 0.1) is 0 Å².